The topological polar surface area (TPSA) is 12.9 Å². The molecule has 5 rings (SSSR count). The van der Waals surface area contributed by atoms with E-state index in [1.807, 2.05) is 18.2 Å². The summed E-state index contributed by atoms with van der Waals surface area (Å²) in [6.45, 7) is 0. The van der Waals surface area contributed by atoms with E-state index in [4.69, 9.17) is 16.6 Å². The van der Waals surface area contributed by atoms with Crippen molar-refractivity contribution in [1.82, 2.24) is 4.98 Å². The maximum absolute atomic E-state index is 6.21. The standard InChI is InChI=1S/C21H12ClNS/c22-14-10-11-15-17(12-14)23-21-20(16-8-4-5-9-18(16)24-21)19(15)13-6-2-1-3-7-13/h1-12H. The predicted molar refractivity (Wildman–Crippen MR) is 105 cm³/mol. The van der Waals surface area contributed by atoms with Crippen LogP contribution in [0.4, 0.5) is 0 Å². The van der Waals surface area contributed by atoms with Gasteiger partial charge >= 0.3 is 0 Å². The van der Waals surface area contributed by atoms with E-state index in [9.17, 15) is 0 Å². The molecule has 0 bridgehead atoms. The lowest BCUT2D eigenvalue weighted by Gasteiger charge is -2.09. The highest BCUT2D eigenvalue weighted by Crippen LogP contribution is 2.42. The van der Waals surface area contributed by atoms with E-state index in [0.29, 0.717) is 0 Å². The van der Waals surface area contributed by atoms with Crippen molar-refractivity contribution in [2.24, 2.45) is 0 Å². The Morgan fingerprint density at radius 3 is 2.46 bits per heavy atom. The number of pyridine rings is 1. The minimum Gasteiger partial charge on any atom is -0.237 e. The van der Waals surface area contributed by atoms with Crippen LogP contribution < -0.4 is 0 Å². The van der Waals surface area contributed by atoms with Crippen LogP contribution in [0.1, 0.15) is 0 Å². The molecule has 3 aromatic carbocycles. The number of rotatable bonds is 1. The molecule has 2 aromatic heterocycles. The molecule has 0 atom stereocenters. The molecule has 1 nitrogen and oxygen atoms in total. The van der Waals surface area contributed by atoms with Crippen molar-refractivity contribution < 1.29 is 0 Å². The first-order valence-electron chi connectivity index (χ1n) is 7.77. The first-order chi connectivity index (χ1) is 11.8. The zero-order valence-electron chi connectivity index (χ0n) is 12.7. The third-order valence-electron chi connectivity index (χ3n) is 4.34. The lowest BCUT2D eigenvalue weighted by molar-refractivity contribution is 1.54. The fourth-order valence-electron chi connectivity index (χ4n) is 3.31. The smallest absolute Gasteiger partial charge is 0.125 e. The molecule has 0 saturated carbocycles. The van der Waals surface area contributed by atoms with E-state index >= 15 is 0 Å². The van der Waals surface area contributed by atoms with Crippen molar-refractivity contribution in [3.05, 3.63) is 77.8 Å². The number of hydrogen-bond donors (Lipinski definition) is 0. The van der Waals surface area contributed by atoms with Crippen molar-refractivity contribution in [1.29, 1.82) is 0 Å². The molecule has 0 radical (unpaired) electrons. The summed E-state index contributed by atoms with van der Waals surface area (Å²) in [7, 11) is 0. The molecule has 0 saturated heterocycles. The van der Waals surface area contributed by atoms with Crippen LogP contribution >= 0.6 is 22.9 Å². The molecule has 0 aliphatic carbocycles. The minimum absolute atomic E-state index is 0.717. The average molecular weight is 346 g/mol. The van der Waals surface area contributed by atoms with Crippen LogP contribution in [0.3, 0.4) is 0 Å². The fraction of sp³-hybridized carbons (Fsp3) is 0. The van der Waals surface area contributed by atoms with Gasteiger partial charge in [-0.3, -0.25) is 0 Å². The summed E-state index contributed by atoms with van der Waals surface area (Å²) in [5.74, 6) is 0. The Morgan fingerprint density at radius 1 is 0.792 bits per heavy atom. The number of thiophene rings is 1. The molecule has 0 N–H and O–H groups in total. The van der Waals surface area contributed by atoms with Gasteiger partial charge in [0.05, 0.1) is 5.52 Å². The van der Waals surface area contributed by atoms with E-state index in [2.05, 4.69) is 54.6 Å². The van der Waals surface area contributed by atoms with Crippen LogP contribution in [-0.2, 0) is 0 Å². The predicted octanol–water partition coefficient (Wildman–Crippen LogP) is 6.92. The second-order valence-electron chi connectivity index (χ2n) is 5.79. The maximum atomic E-state index is 6.21. The highest BCUT2D eigenvalue weighted by atomic mass is 35.5. The van der Waals surface area contributed by atoms with Gasteiger partial charge in [-0.15, -0.1) is 11.3 Å². The van der Waals surface area contributed by atoms with Gasteiger partial charge in [0.15, 0.2) is 0 Å². The Bertz CT molecular complexity index is 1210. The highest BCUT2D eigenvalue weighted by molar-refractivity contribution is 7.25. The van der Waals surface area contributed by atoms with Crippen molar-refractivity contribution in [3.63, 3.8) is 0 Å². The SMILES string of the molecule is Clc1ccc2c(-c3ccccc3)c3c(nc2c1)sc1ccccc13. The Balaban J connectivity index is 2.07. The van der Waals surface area contributed by atoms with E-state index in [0.717, 1.165) is 20.8 Å². The van der Waals surface area contributed by atoms with Gasteiger partial charge in [-0.05, 0) is 23.8 Å². The molecular weight excluding hydrogens is 334 g/mol. The molecule has 0 unspecified atom stereocenters. The van der Waals surface area contributed by atoms with E-state index < -0.39 is 0 Å². The summed E-state index contributed by atoms with van der Waals surface area (Å²) in [5, 5.41) is 4.36. The third kappa shape index (κ3) is 2.04. The number of fused-ring (bicyclic) bond motifs is 4. The van der Waals surface area contributed by atoms with Crippen LogP contribution in [0.2, 0.25) is 5.02 Å². The second-order valence-corrected chi connectivity index (χ2v) is 7.26. The number of aromatic nitrogens is 1. The van der Waals surface area contributed by atoms with Gasteiger partial charge < -0.3 is 0 Å². The zero-order chi connectivity index (χ0) is 16.1. The molecule has 2 heterocycles. The average Bonchev–Trinajstić information content (AvgIpc) is 2.98. The van der Waals surface area contributed by atoms with Crippen molar-refractivity contribution >= 4 is 54.1 Å². The minimum atomic E-state index is 0.717. The van der Waals surface area contributed by atoms with E-state index in [-0.39, 0.29) is 0 Å². The quantitative estimate of drug-likeness (QED) is 0.321. The highest BCUT2D eigenvalue weighted by Gasteiger charge is 2.16. The summed E-state index contributed by atoms with van der Waals surface area (Å²) in [6, 6.07) is 25.0. The summed E-state index contributed by atoms with van der Waals surface area (Å²) in [4.78, 5) is 5.96. The van der Waals surface area contributed by atoms with Crippen LogP contribution in [0.15, 0.2) is 72.8 Å². The zero-order valence-corrected chi connectivity index (χ0v) is 14.2. The van der Waals surface area contributed by atoms with Crippen molar-refractivity contribution in [2.45, 2.75) is 0 Å². The lowest BCUT2D eigenvalue weighted by Crippen LogP contribution is -1.87. The largest absolute Gasteiger partial charge is 0.237 e. The maximum Gasteiger partial charge on any atom is 0.125 e. The Morgan fingerprint density at radius 2 is 1.58 bits per heavy atom. The van der Waals surface area contributed by atoms with Crippen LogP contribution in [0.25, 0.3) is 42.3 Å². The first kappa shape index (κ1) is 14.0. The van der Waals surface area contributed by atoms with Gasteiger partial charge in [-0.1, -0.05) is 66.2 Å². The van der Waals surface area contributed by atoms with Crippen LogP contribution in [0, 0.1) is 0 Å². The second kappa shape index (κ2) is 5.30. The van der Waals surface area contributed by atoms with Gasteiger partial charge in [0.1, 0.15) is 4.83 Å². The molecule has 0 aliphatic rings. The molecule has 5 aromatic rings. The van der Waals surface area contributed by atoms with Crippen molar-refractivity contribution in [2.75, 3.05) is 0 Å². The molecule has 3 heteroatoms. The molecule has 24 heavy (non-hydrogen) atoms. The Labute approximate surface area is 148 Å². The molecule has 0 spiro atoms. The molecule has 0 amide bonds. The lowest BCUT2D eigenvalue weighted by atomic mass is 9.96. The van der Waals surface area contributed by atoms with Gasteiger partial charge in [0.2, 0.25) is 0 Å². The number of halogens is 1. The van der Waals surface area contributed by atoms with Crippen molar-refractivity contribution in [3.8, 4) is 11.1 Å². The Hall–Kier alpha value is -2.42. The van der Waals surface area contributed by atoms with Gasteiger partial charge in [-0.2, -0.15) is 0 Å². The van der Waals surface area contributed by atoms with Gasteiger partial charge in [0.25, 0.3) is 0 Å². The monoisotopic (exact) mass is 345 g/mol. The normalized spacial score (nSPS) is 11.5. The fourth-order valence-corrected chi connectivity index (χ4v) is 4.57. The molecule has 114 valence electrons. The molecule has 0 fully saturated rings. The van der Waals surface area contributed by atoms with Gasteiger partial charge in [0, 0.05) is 31.4 Å². The molecule has 0 aliphatic heterocycles. The number of hydrogen-bond acceptors (Lipinski definition) is 2. The molecular formula is C21H12ClNS. The summed E-state index contributed by atoms with van der Waals surface area (Å²) in [5.41, 5.74) is 3.39. The third-order valence-corrected chi connectivity index (χ3v) is 5.64. The number of benzene rings is 3. The summed E-state index contributed by atoms with van der Waals surface area (Å²) >= 11 is 7.95. The number of nitrogens with zero attached hydrogens (tertiary/aromatic N) is 1. The van der Waals surface area contributed by atoms with Crippen LogP contribution in [0.5, 0.6) is 0 Å². The van der Waals surface area contributed by atoms with Gasteiger partial charge in [-0.25, -0.2) is 4.98 Å². The summed E-state index contributed by atoms with van der Waals surface area (Å²) in [6.07, 6.45) is 0. The summed E-state index contributed by atoms with van der Waals surface area (Å²) < 4.78 is 1.26. The first-order valence-corrected chi connectivity index (χ1v) is 8.96. The van der Waals surface area contributed by atoms with E-state index in [1.54, 1.807) is 11.3 Å². The Kier molecular flexibility index (Phi) is 3.09. The van der Waals surface area contributed by atoms with E-state index in [1.165, 1.54) is 26.6 Å². The van der Waals surface area contributed by atoms with Crippen LogP contribution in [-0.4, -0.2) is 4.98 Å².